The first-order valence-electron chi connectivity index (χ1n) is 8.28. The van der Waals surface area contributed by atoms with Gasteiger partial charge in [-0.1, -0.05) is 23.4 Å². The molecule has 138 valence electrons. The molecule has 0 bridgehead atoms. The number of halogens is 1. The van der Waals surface area contributed by atoms with Crippen LogP contribution in [-0.4, -0.2) is 53.4 Å². The third-order valence-electron chi connectivity index (χ3n) is 4.54. The Morgan fingerprint density at radius 2 is 2.04 bits per heavy atom. The van der Waals surface area contributed by atoms with Gasteiger partial charge >= 0.3 is 0 Å². The van der Waals surface area contributed by atoms with E-state index in [2.05, 4.69) is 22.3 Å². The summed E-state index contributed by atoms with van der Waals surface area (Å²) in [5, 5.41) is 10.1. The maximum absolute atomic E-state index is 12.3. The quantitative estimate of drug-likeness (QED) is 0.819. The monoisotopic (exact) mass is 376 g/mol. The maximum atomic E-state index is 12.3. The predicted octanol–water partition coefficient (Wildman–Crippen LogP) is 2.07. The molecule has 1 aromatic carbocycles. The predicted molar refractivity (Wildman–Crippen MR) is 96.9 cm³/mol. The standard InChI is InChI=1S/C17H21ClN6O2/c1-4-16(26)24-6-5-23(11(2)25)10-15(24)12-7-13(9-14(18)8-12)17-19-21-22(3)20-17/h4,7-9,15,17,20H,1,5-6,10H2,2-3H3/t15-,17?/m0/s1. The Morgan fingerprint density at radius 1 is 1.31 bits per heavy atom. The first-order valence-corrected chi connectivity index (χ1v) is 8.66. The molecule has 0 aromatic heterocycles. The highest BCUT2D eigenvalue weighted by atomic mass is 35.5. The highest BCUT2D eigenvalue weighted by molar-refractivity contribution is 6.30. The van der Waals surface area contributed by atoms with E-state index in [4.69, 9.17) is 11.6 Å². The lowest BCUT2D eigenvalue weighted by Gasteiger charge is -2.41. The van der Waals surface area contributed by atoms with E-state index < -0.39 is 0 Å². The molecule has 26 heavy (non-hydrogen) atoms. The summed E-state index contributed by atoms with van der Waals surface area (Å²) in [6.45, 7) is 6.47. The molecule has 9 heteroatoms. The Balaban J connectivity index is 1.96. The van der Waals surface area contributed by atoms with Gasteiger partial charge in [-0.25, -0.2) is 5.12 Å². The lowest BCUT2D eigenvalue weighted by Crippen LogP contribution is -2.51. The van der Waals surface area contributed by atoms with Gasteiger partial charge in [-0.3, -0.25) is 9.59 Å². The number of nitrogens with zero attached hydrogens (tertiary/aromatic N) is 5. The molecule has 0 aliphatic carbocycles. The summed E-state index contributed by atoms with van der Waals surface area (Å²) in [6, 6.07) is 5.27. The zero-order valence-corrected chi connectivity index (χ0v) is 15.5. The number of amides is 2. The highest BCUT2D eigenvalue weighted by Crippen LogP contribution is 2.32. The van der Waals surface area contributed by atoms with Crippen LogP contribution < -0.4 is 5.43 Å². The molecule has 2 atom stereocenters. The van der Waals surface area contributed by atoms with Crippen molar-refractivity contribution in [3.63, 3.8) is 0 Å². The first-order chi connectivity index (χ1) is 12.4. The molecule has 2 amide bonds. The molecule has 1 N–H and O–H groups in total. The molecule has 1 saturated heterocycles. The third-order valence-corrected chi connectivity index (χ3v) is 4.75. The van der Waals surface area contributed by atoms with Crippen LogP contribution in [0.5, 0.6) is 0 Å². The highest BCUT2D eigenvalue weighted by Gasteiger charge is 2.32. The van der Waals surface area contributed by atoms with E-state index in [1.54, 1.807) is 16.8 Å². The number of carbonyl (C=O) groups excluding carboxylic acids is 2. The topological polar surface area (TPSA) is 80.6 Å². The Morgan fingerprint density at radius 3 is 2.65 bits per heavy atom. The van der Waals surface area contributed by atoms with Crippen LogP contribution in [0.25, 0.3) is 0 Å². The van der Waals surface area contributed by atoms with Crippen molar-refractivity contribution in [1.82, 2.24) is 20.3 Å². The molecule has 2 aliphatic heterocycles. The van der Waals surface area contributed by atoms with Crippen LogP contribution in [0, 0.1) is 0 Å². The Labute approximate surface area is 157 Å². The van der Waals surface area contributed by atoms with Crippen molar-refractivity contribution in [2.24, 2.45) is 10.3 Å². The van der Waals surface area contributed by atoms with Crippen LogP contribution in [-0.2, 0) is 9.59 Å². The summed E-state index contributed by atoms with van der Waals surface area (Å²) in [5.74, 6) is -0.186. The Hall–Kier alpha value is -2.45. The largest absolute Gasteiger partial charge is 0.339 e. The fraction of sp³-hybridized carbons (Fsp3) is 0.412. The van der Waals surface area contributed by atoms with Crippen molar-refractivity contribution in [2.45, 2.75) is 19.1 Å². The fourth-order valence-corrected chi connectivity index (χ4v) is 3.47. The van der Waals surface area contributed by atoms with Crippen LogP contribution in [0.2, 0.25) is 5.02 Å². The average molecular weight is 377 g/mol. The van der Waals surface area contributed by atoms with Crippen LogP contribution in [0.1, 0.15) is 30.3 Å². The summed E-state index contributed by atoms with van der Waals surface area (Å²) in [7, 11) is 1.76. The third kappa shape index (κ3) is 3.71. The van der Waals surface area contributed by atoms with E-state index in [9.17, 15) is 9.59 Å². The van der Waals surface area contributed by atoms with Gasteiger partial charge in [-0.05, 0) is 35.4 Å². The van der Waals surface area contributed by atoms with E-state index in [1.807, 2.05) is 18.2 Å². The molecular formula is C17H21ClN6O2. The van der Waals surface area contributed by atoms with Gasteiger partial charge in [0.05, 0.1) is 6.04 Å². The summed E-state index contributed by atoms with van der Waals surface area (Å²) in [5.41, 5.74) is 4.77. The number of benzene rings is 1. The zero-order chi connectivity index (χ0) is 18.8. The minimum atomic E-state index is -0.339. The molecule has 2 heterocycles. The van der Waals surface area contributed by atoms with Crippen LogP contribution >= 0.6 is 11.6 Å². The van der Waals surface area contributed by atoms with Gasteiger partial charge in [-0.15, -0.1) is 5.11 Å². The van der Waals surface area contributed by atoms with E-state index in [1.165, 1.54) is 18.1 Å². The summed E-state index contributed by atoms with van der Waals surface area (Å²) in [4.78, 5) is 27.6. The minimum absolute atomic E-state index is 0.0177. The van der Waals surface area contributed by atoms with Crippen molar-refractivity contribution in [1.29, 1.82) is 0 Å². The van der Waals surface area contributed by atoms with Gasteiger partial charge in [0, 0.05) is 38.6 Å². The smallest absolute Gasteiger partial charge is 0.246 e. The zero-order valence-electron chi connectivity index (χ0n) is 14.7. The molecule has 3 rings (SSSR count). The summed E-state index contributed by atoms with van der Waals surface area (Å²) >= 11 is 6.33. The first kappa shape index (κ1) is 18.3. The number of hydrogen-bond acceptors (Lipinski definition) is 6. The van der Waals surface area contributed by atoms with E-state index in [0.29, 0.717) is 24.7 Å². The minimum Gasteiger partial charge on any atom is -0.339 e. The fourth-order valence-electron chi connectivity index (χ4n) is 3.22. The lowest BCUT2D eigenvalue weighted by molar-refractivity contribution is -0.139. The second kappa shape index (κ2) is 7.43. The molecular weight excluding hydrogens is 356 g/mol. The number of rotatable bonds is 3. The van der Waals surface area contributed by atoms with Gasteiger partial charge < -0.3 is 9.80 Å². The van der Waals surface area contributed by atoms with Gasteiger partial charge in [0.25, 0.3) is 0 Å². The molecule has 0 spiro atoms. The Kier molecular flexibility index (Phi) is 5.24. The number of hydrazine groups is 1. The number of hydrogen-bond donors (Lipinski definition) is 1. The van der Waals surface area contributed by atoms with Crippen LogP contribution in [0.15, 0.2) is 41.2 Å². The Bertz CT molecular complexity index is 768. The van der Waals surface area contributed by atoms with E-state index >= 15 is 0 Å². The van der Waals surface area contributed by atoms with Gasteiger partial charge in [0.1, 0.15) is 0 Å². The van der Waals surface area contributed by atoms with Crippen molar-refractivity contribution in [3.05, 3.63) is 47.0 Å². The number of piperazine rings is 1. The van der Waals surface area contributed by atoms with E-state index in [0.717, 1.165) is 11.1 Å². The maximum Gasteiger partial charge on any atom is 0.246 e. The lowest BCUT2D eigenvalue weighted by atomic mass is 9.98. The molecule has 1 unspecified atom stereocenters. The summed E-state index contributed by atoms with van der Waals surface area (Å²) < 4.78 is 0. The number of nitrogens with one attached hydrogen (secondary N) is 1. The van der Waals surface area contributed by atoms with Crippen molar-refractivity contribution in [2.75, 3.05) is 26.7 Å². The second-order valence-corrected chi connectivity index (χ2v) is 6.73. The van der Waals surface area contributed by atoms with Gasteiger partial charge in [0.2, 0.25) is 11.8 Å². The second-order valence-electron chi connectivity index (χ2n) is 6.29. The van der Waals surface area contributed by atoms with Gasteiger partial charge in [0.15, 0.2) is 6.17 Å². The molecule has 2 aliphatic rings. The average Bonchev–Trinajstić information content (AvgIpc) is 3.06. The molecule has 1 aromatic rings. The van der Waals surface area contributed by atoms with Gasteiger partial charge in [-0.2, -0.15) is 5.43 Å². The van der Waals surface area contributed by atoms with Crippen molar-refractivity contribution in [3.8, 4) is 0 Å². The van der Waals surface area contributed by atoms with E-state index in [-0.39, 0.29) is 24.0 Å². The normalized spacial score (nSPS) is 22.7. The SMILES string of the molecule is C=CC(=O)N1CCN(C(C)=O)C[C@H]1c1cc(Cl)cc(C2N=NN(C)N2)c1. The summed E-state index contributed by atoms with van der Waals surface area (Å²) in [6.07, 6.45) is 0.956. The molecule has 0 radical (unpaired) electrons. The number of carbonyl (C=O) groups is 2. The molecule has 1 fully saturated rings. The molecule has 8 nitrogen and oxygen atoms in total. The van der Waals surface area contributed by atoms with Crippen molar-refractivity contribution >= 4 is 23.4 Å². The molecule has 0 saturated carbocycles. The van der Waals surface area contributed by atoms with Crippen LogP contribution in [0.3, 0.4) is 0 Å². The van der Waals surface area contributed by atoms with Crippen molar-refractivity contribution < 1.29 is 9.59 Å². The van der Waals surface area contributed by atoms with Crippen LogP contribution in [0.4, 0.5) is 0 Å².